The first-order chi connectivity index (χ1) is 11.0. The van der Waals surface area contributed by atoms with Crippen molar-refractivity contribution in [1.29, 1.82) is 0 Å². The maximum Gasteiger partial charge on any atom is 0.344 e. The lowest BCUT2D eigenvalue weighted by molar-refractivity contribution is -0.148. The molecule has 0 aliphatic heterocycles. The molecular formula is C17H14Cl2O4. The molecule has 1 unspecified atom stereocenters. The van der Waals surface area contributed by atoms with E-state index >= 15 is 0 Å². The second kappa shape index (κ2) is 7.99. The molecule has 23 heavy (non-hydrogen) atoms. The maximum absolute atomic E-state index is 12.1. The van der Waals surface area contributed by atoms with Crippen LogP contribution in [0.15, 0.2) is 48.5 Å². The molecule has 0 saturated carbocycles. The average Bonchev–Trinajstić information content (AvgIpc) is 2.54. The first kappa shape index (κ1) is 17.3. The summed E-state index contributed by atoms with van der Waals surface area (Å²) in [6, 6.07) is 13.1. The highest BCUT2D eigenvalue weighted by Gasteiger charge is 2.20. The highest BCUT2D eigenvalue weighted by Crippen LogP contribution is 2.23. The van der Waals surface area contributed by atoms with Crippen LogP contribution >= 0.6 is 23.2 Å². The summed E-state index contributed by atoms with van der Waals surface area (Å²) in [6.07, 6.45) is -0.918. The van der Waals surface area contributed by atoms with E-state index in [1.807, 2.05) is 0 Å². The van der Waals surface area contributed by atoms with Gasteiger partial charge in [0.25, 0.3) is 0 Å². The molecule has 1 atom stereocenters. The number of para-hydroxylation sites is 1. The third kappa shape index (κ3) is 4.98. The number of rotatable bonds is 6. The van der Waals surface area contributed by atoms with Gasteiger partial charge < -0.3 is 9.47 Å². The van der Waals surface area contributed by atoms with E-state index in [0.29, 0.717) is 21.4 Å². The minimum atomic E-state index is -0.918. The maximum atomic E-state index is 12.1. The Balaban J connectivity index is 1.88. The summed E-state index contributed by atoms with van der Waals surface area (Å²) in [5.74, 6) is -0.588. The number of ether oxygens (including phenoxy) is 2. The Labute approximate surface area is 143 Å². The van der Waals surface area contributed by atoms with Gasteiger partial charge in [-0.2, -0.15) is 0 Å². The molecule has 2 aromatic rings. The zero-order valence-corrected chi connectivity index (χ0v) is 13.8. The Hall–Kier alpha value is -2.04. The van der Waals surface area contributed by atoms with Gasteiger partial charge in [0, 0.05) is 10.6 Å². The third-order valence-electron chi connectivity index (χ3n) is 2.99. The van der Waals surface area contributed by atoms with Gasteiger partial charge in [0.1, 0.15) is 5.75 Å². The van der Waals surface area contributed by atoms with E-state index < -0.39 is 12.1 Å². The van der Waals surface area contributed by atoms with Crippen molar-refractivity contribution >= 4 is 35.0 Å². The van der Waals surface area contributed by atoms with Gasteiger partial charge in [-0.25, -0.2) is 4.79 Å². The van der Waals surface area contributed by atoms with Crippen LogP contribution in [-0.4, -0.2) is 24.5 Å². The highest BCUT2D eigenvalue weighted by molar-refractivity contribution is 6.32. The van der Waals surface area contributed by atoms with Crippen LogP contribution in [0.4, 0.5) is 0 Å². The number of carbonyl (C=O) groups is 2. The largest absolute Gasteiger partial charge is 0.480 e. The third-order valence-corrected chi connectivity index (χ3v) is 3.55. The van der Waals surface area contributed by atoms with Crippen LogP contribution in [0.2, 0.25) is 10.0 Å². The molecule has 0 bridgehead atoms. The lowest BCUT2D eigenvalue weighted by Crippen LogP contribution is -2.27. The van der Waals surface area contributed by atoms with Crippen molar-refractivity contribution in [2.45, 2.75) is 13.0 Å². The lowest BCUT2D eigenvalue weighted by atomic mass is 10.1. The smallest absolute Gasteiger partial charge is 0.344 e. The van der Waals surface area contributed by atoms with Crippen LogP contribution in [0.3, 0.4) is 0 Å². The van der Waals surface area contributed by atoms with Gasteiger partial charge >= 0.3 is 5.97 Å². The Morgan fingerprint density at radius 3 is 2.35 bits per heavy atom. The number of halogens is 2. The summed E-state index contributed by atoms with van der Waals surface area (Å²) in [4.78, 5) is 23.9. The molecule has 0 radical (unpaired) electrons. The SMILES string of the molecule is CC(OC(=O)COc1ccccc1Cl)C(=O)c1ccc(Cl)cc1. The predicted octanol–water partition coefficient (Wildman–Crippen LogP) is 4.19. The van der Waals surface area contributed by atoms with E-state index in [9.17, 15) is 9.59 Å². The number of Topliss-reactive ketones (excluding diaryl/α,β-unsaturated/α-hetero) is 1. The molecule has 0 aromatic heterocycles. The molecule has 0 aliphatic rings. The predicted molar refractivity (Wildman–Crippen MR) is 88.3 cm³/mol. The van der Waals surface area contributed by atoms with Crippen molar-refractivity contribution in [2.24, 2.45) is 0 Å². The number of carbonyl (C=O) groups excluding carboxylic acids is 2. The zero-order chi connectivity index (χ0) is 16.8. The van der Waals surface area contributed by atoms with Crippen molar-refractivity contribution in [3.8, 4) is 5.75 Å². The van der Waals surface area contributed by atoms with Crippen molar-refractivity contribution in [3.05, 3.63) is 64.1 Å². The summed E-state index contributed by atoms with van der Waals surface area (Å²) in [7, 11) is 0. The monoisotopic (exact) mass is 352 g/mol. The van der Waals surface area contributed by atoms with E-state index in [2.05, 4.69) is 0 Å². The molecule has 0 saturated heterocycles. The first-order valence-electron chi connectivity index (χ1n) is 6.84. The second-order valence-corrected chi connectivity index (χ2v) is 5.57. The number of esters is 1. The Bertz CT molecular complexity index is 698. The Morgan fingerprint density at radius 1 is 1.04 bits per heavy atom. The molecule has 0 fully saturated rings. The van der Waals surface area contributed by atoms with E-state index in [0.717, 1.165) is 0 Å². The molecule has 6 heteroatoms. The molecule has 0 N–H and O–H groups in total. The van der Waals surface area contributed by atoms with Crippen molar-refractivity contribution in [1.82, 2.24) is 0 Å². The summed E-state index contributed by atoms with van der Waals surface area (Å²) in [6.45, 7) is 1.17. The molecule has 0 aliphatic carbocycles. The highest BCUT2D eigenvalue weighted by atomic mass is 35.5. The van der Waals surface area contributed by atoms with Gasteiger partial charge in [-0.1, -0.05) is 35.3 Å². The molecule has 4 nitrogen and oxygen atoms in total. The summed E-state index contributed by atoms with van der Waals surface area (Å²) in [5, 5.41) is 0.921. The van der Waals surface area contributed by atoms with Crippen LogP contribution in [-0.2, 0) is 9.53 Å². The zero-order valence-electron chi connectivity index (χ0n) is 12.3. The Morgan fingerprint density at radius 2 is 1.70 bits per heavy atom. The van der Waals surface area contributed by atoms with E-state index in [1.54, 1.807) is 48.5 Å². The van der Waals surface area contributed by atoms with Crippen LogP contribution in [0.5, 0.6) is 5.75 Å². The lowest BCUT2D eigenvalue weighted by Gasteiger charge is -2.13. The molecule has 0 amide bonds. The van der Waals surface area contributed by atoms with Crippen molar-refractivity contribution in [2.75, 3.05) is 6.61 Å². The molecule has 0 spiro atoms. The van der Waals surface area contributed by atoms with Gasteiger partial charge in [-0.15, -0.1) is 0 Å². The average molecular weight is 353 g/mol. The van der Waals surface area contributed by atoms with Crippen LogP contribution in [0, 0.1) is 0 Å². The fourth-order valence-corrected chi connectivity index (χ4v) is 2.15. The fourth-order valence-electron chi connectivity index (χ4n) is 1.83. The second-order valence-electron chi connectivity index (χ2n) is 4.72. The number of benzene rings is 2. The first-order valence-corrected chi connectivity index (χ1v) is 7.59. The van der Waals surface area contributed by atoms with E-state index in [1.165, 1.54) is 6.92 Å². The van der Waals surface area contributed by atoms with E-state index in [4.69, 9.17) is 32.7 Å². The Kier molecular flexibility index (Phi) is 6.02. The fraction of sp³-hybridized carbons (Fsp3) is 0.176. The van der Waals surface area contributed by atoms with Crippen LogP contribution in [0.25, 0.3) is 0 Å². The molecule has 0 heterocycles. The number of ketones is 1. The van der Waals surface area contributed by atoms with Gasteiger partial charge in [-0.3, -0.25) is 4.79 Å². The molecule has 2 rings (SSSR count). The van der Waals surface area contributed by atoms with Crippen LogP contribution in [0.1, 0.15) is 17.3 Å². The summed E-state index contributed by atoms with van der Waals surface area (Å²) in [5.41, 5.74) is 0.418. The number of hydrogen-bond donors (Lipinski definition) is 0. The summed E-state index contributed by atoms with van der Waals surface area (Å²) >= 11 is 11.7. The van der Waals surface area contributed by atoms with Crippen molar-refractivity contribution in [3.63, 3.8) is 0 Å². The summed E-state index contributed by atoms with van der Waals surface area (Å²) < 4.78 is 10.3. The number of hydrogen-bond acceptors (Lipinski definition) is 4. The molecule has 2 aromatic carbocycles. The minimum Gasteiger partial charge on any atom is -0.480 e. The van der Waals surface area contributed by atoms with Gasteiger partial charge in [-0.05, 0) is 43.3 Å². The quantitative estimate of drug-likeness (QED) is 0.577. The van der Waals surface area contributed by atoms with Gasteiger partial charge in [0.05, 0.1) is 5.02 Å². The van der Waals surface area contributed by atoms with Gasteiger partial charge in [0.15, 0.2) is 12.7 Å². The molecule has 120 valence electrons. The molecular weight excluding hydrogens is 339 g/mol. The van der Waals surface area contributed by atoms with Crippen molar-refractivity contribution < 1.29 is 19.1 Å². The van der Waals surface area contributed by atoms with Crippen LogP contribution < -0.4 is 4.74 Å². The van der Waals surface area contributed by atoms with E-state index in [-0.39, 0.29) is 12.4 Å². The standard InChI is InChI=1S/C17H14Cl2O4/c1-11(17(21)12-6-8-13(18)9-7-12)23-16(20)10-22-15-5-3-2-4-14(15)19/h2-9,11H,10H2,1H3. The van der Waals surface area contributed by atoms with Gasteiger partial charge in [0.2, 0.25) is 5.78 Å². The minimum absolute atomic E-state index is 0.312. The topological polar surface area (TPSA) is 52.6 Å². The normalized spacial score (nSPS) is 11.6.